The summed E-state index contributed by atoms with van der Waals surface area (Å²) in [7, 11) is 0. The maximum absolute atomic E-state index is 5.83. The molecule has 0 aliphatic rings. The summed E-state index contributed by atoms with van der Waals surface area (Å²) >= 11 is 0. The second-order valence-corrected chi connectivity index (χ2v) is 4.68. The van der Waals surface area contributed by atoms with Crippen LogP contribution in [0.3, 0.4) is 0 Å². The van der Waals surface area contributed by atoms with Gasteiger partial charge in [0.2, 0.25) is 0 Å². The number of para-hydroxylation sites is 1. The molecule has 4 aromatic rings. The minimum Gasteiger partial charge on any atom is -0.454 e. The number of fused-ring (bicyclic) bond motifs is 1. The summed E-state index contributed by atoms with van der Waals surface area (Å²) in [5.41, 5.74) is 3.78. The van der Waals surface area contributed by atoms with Gasteiger partial charge in [0.1, 0.15) is 11.3 Å². The van der Waals surface area contributed by atoms with E-state index in [2.05, 4.69) is 10.2 Å². The second-order valence-electron chi connectivity index (χ2n) is 4.68. The van der Waals surface area contributed by atoms with Crippen LogP contribution in [0.25, 0.3) is 33.7 Å². The molecule has 0 saturated carbocycles. The fourth-order valence-electron chi connectivity index (χ4n) is 2.32. The Morgan fingerprint density at radius 3 is 2.50 bits per heavy atom. The Balaban J connectivity index is 1.78. The van der Waals surface area contributed by atoms with Crippen LogP contribution >= 0.6 is 0 Å². The number of furan rings is 1. The molecule has 0 aliphatic carbocycles. The van der Waals surface area contributed by atoms with Crippen LogP contribution in [0.1, 0.15) is 0 Å². The van der Waals surface area contributed by atoms with Gasteiger partial charge < -0.3 is 4.42 Å². The number of hydrogen-bond acceptors (Lipinski definition) is 2. The summed E-state index contributed by atoms with van der Waals surface area (Å²) in [6.45, 7) is 0. The Morgan fingerprint density at radius 2 is 1.65 bits per heavy atom. The molecule has 0 bridgehead atoms. The molecule has 0 aliphatic heterocycles. The third kappa shape index (κ3) is 1.80. The van der Waals surface area contributed by atoms with E-state index in [1.807, 2.05) is 66.7 Å². The van der Waals surface area contributed by atoms with Crippen LogP contribution in [0.2, 0.25) is 0 Å². The van der Waals surface area contributed by atoms with Crippen LogP contribution < -0.4 is 0 Å². The highest BCUT2D eigenvalue weighted by molar-refractivity contribution is 5.82. The van der Waals surface area contributed by atoms with Crippen molar-refractivity contribution < 1.29 is 4.42 Å². The van der Waals surface area contributed by atoms with Gasteiger partial charge in [-0.1, -0.05) is 48.5 Å². The summed E-state index contributed by atoms with van der Waals surface area (Å²) in [5.74, 6) is 0.806. The quantitative estimate of drug-likeness (QED) is 0.577. The largest absolute Gasteiger partial charge is 0.454 e. The van der Waals surface area contributed by atoms with Crippen molar-refractivity contribution in [2.45, 2.75) is 0 Å². The van der Waals surface area contributed by atoms with E-state index in [0.29, 0.717) is 0 Å². The molecule has 0 radical (unpaired) electrons. The summed E-state index contributed by atoms with van der Waals surface area (Å²) in [4.78, 5) is 0. The van der Waals surface area contributed by atoms with Gasteiger partial charge in [0.15, 0.2) is 5.76 Å². The van der Waals surface area contributed by atoms with Crippen molar-refractivity contribution >= 4 is 11.0 Å². The zero-order valence-corrected chi connectivity index (χ0v) is 10.7. The SMILES string of the molecule is c1ccc(-c2cc(-c3cc4ccccc4o3)[nH]n2)cc1. The van der Waals surface area contributed by atoms with Gasteiger partial charge in [-0.25, -0.2) is 0 Å². The van der Waals surface area contributed by atoms with Crippen molar-refractivity contribution in [2.24, 2.45) is 0 Å². The van der Waals surface area contributed by atoms with E-state index < -0.39 is 0 Å². The number of hydrogen-bond donors (Lipinski definition) is 1. The van der Waals surface area contributed by atoms with Gasteiger partial charge in [0, 0.05) is 10.9 Å². The standard InChI is InChI=1S/C17H12N2O/c1-2-6-12(7-3-1)14-11-15(19-18-14)17-10-13-8-4-5-9-16(13)20-17/h1-11H,(H,18,19). The lowest BCUT2D eigenvalue weighted by atomic mass is 10.1. The molecule has 0 saturated heterocycles. The Hall–Kier alpha value is -2.81. The Bertz CT molecular complexity index is 826. The molecule has 2 aromatic heterocycles. The van der Waals surface area contributed by atoms with Crippen LogP contribution in [-0.2, 0) is 0 Å². The predicted octanol–water partition coefficient (Wildman–Crippen LogP) is 4.49. The van der Waals surface area contributed by atoms with Crippen molar-refractivity contribution in [3.8, 4) is 22.7 Å². The Morgan fingerprint density at radius 1 is 0.850 bits per heavy atom. The van der Waals surface area contributed by atoms with Gasteiger partial charge >= 0.3 is 0 Å². The van der Waals surface area contributed by atoms with Gasteiger partial charge in [-0.05, 0) is 18.2 Å². The molecule has 0 fully saturated rings. The number of rotatable bonds is 2. The van der Waals surface area contributed by atoms with Crippen molar-refractivity contribution in [3.63, 3.8) is 0 Å². The van der Waals surface area contributed by atoms with Crippen LogP contribution in [-0.4, -0.2) is 10.2 Å². The van der Waals surface area contributed by atoms with Crippen LogP contribution in [0, 0.1) is 0 Å². The normalized spacial score (nSPS) is 11.0. The number of benzene rings is 2. The highest BCUT2D eigenvalue weighted by Gasteiger charge is 2.09. The summed E-state index contributed by atoms with van der Waals surface area (Å²) in [6, 6.07) is 22.1. The fraction of sp³-hybridized carbons (Fsp3) is 0. The molecule has 3 heteroatoms. The first-order valence-electron chi connectivity index (χ1n) is 6.50. The highest BCUT2D eigenvalue weighted by Crippen LogP contribution is 2.28. The fourth-order valence-corrected chi connectivity index (χ4v) is 2.32. The lowest BCUT2D eigenvalue weighted by Gasteiger charge is -1.92. The van der Waals surface area contributed by atoms with E-state index in [4.69, 9.17) is 4.42 Å². The maximum atomic E-state index is 5.83. The molecule has 4 rings (SSSR count). The lowest BCUT2D eigenvalue weighted by Crippen LogP contribution is -1.75. The van der Waals surface area contributed by atoms with Gasteiger partial charge in [-0.2, -0.15) is 5.10 Å². The van der Waals surface area contributed by atoms with E-state index >= 15 is 0 Å². The van der Waals surface area contributed by atoms with E-state index in [-0.39, 0.29) is 0 Å². The van der Waals surface area contributed by atoms with Crippen molar-refractivity contribution in [3.05, 3.63) is 66.7 Å². The molecule has 2 aromatic carbocycles. The van der Waals surface area contributed by atoms with E-state index in [0.717, 1.165) is 33.7 Å². The third-order valence-corrected chi connectivity index (χ3v) is 3.34. The van der Waals surface area contributed by atoms with E-state index in [1.165, 1.54) is 0 Å². The monoisotopic (exact) mass is 260 g/mol. The lowest BCUT2D eigenvalue weighted by molar-refractivity contribution is 0.628. The first kappa shape index (κ1) is 11.1. The highest BCUT2D eigenvalue weighted by atomic mass is 16.3. The molecule has 96 valence electrons. The summed E-state index contributed by atoms with van der Waals surface area (Å²) in [5, 5.41) is 8.48. The van der Waals surface area contributed by atoms with Gasteiger partial charge in [-0.15, -0.1) is 0 Å². The van der Waals surface area contributed by atoms with Gasteiger partial charge in [-0.3, -0.25) is 5.10 Å². The van der Waals surface area contributed by atoms with Gasteiger partial charge in [0.05, 0.1) is 5.69 Å². The minimum atomic E-state index is 0.806. The van der Waals surface area contributed by atoms with Crippen molar-refractivity contribution in [2.75, 3.05) is 0 Å². The molecule has 0 spiro atoms. The molecule has 0 amide bonds. The average Bonchev–Trinajstić information content (AvgIpc) is 3.14. The molecule has 3 nitrogen and oxygen atoms in total. The first-order valence-corrected chi connectivity index (χ1v) is 6.50. The van der Waals surface area contributed by atoms with Crippen LogP contribution in [0.4, 0.5) is 0 Å². The smallest absolute Gasteiger partial charge is 0.153 e. The topological polar surface area (TPSA) is 41.8 Å². The second kappa shape index (κ2) is 4.38. The molecule has 0 atom stereocenters. The molecule has 1 N–H and O–H groups in total. The minimum absolute atomic E-state index is 0.806. The number of nitrogens with zero attached hydrogens (tertiary/aromatic N) is 1. The van der Waals surface area contributed by atoms with Crippen molar-refractivity contribution in [1.29, 1.82) is 0 Å². The number of aromatic nitrogens is 2. The Labute approximate surface area is 115 Å². The van der Waals surface area contributed by atoms with Crippen molar-refractivity contribution in [1.82, 2.24) is 10.2 Å². The van der Waals surface area contributed by atoms with E-state index in [1.54, 1.807) is 0 Å². The summed E-state index contributed by atoms with van der Waals surface area (Å²) in [6.07, 6.45) is 0. The maximum Gasteiger partial charge on any atom is 0.153 e. The number of H-pyrrole nitrogens is 1. The van der Waals surface area contributed by atoms with Crippen LogP contribution in [0.5, 0.6) is 0 Å². The molecule has 0 unspecified atom stereocenters. The Kier molecular flexibility index (Phi) is 2.42. The third-order valence-electron chi connectivity index (χ3n) is 3.34. The molecule has 20 heavy (non-hydrogen) atoms. The van der Waals surface area contributed by atoms with Crippen LogP contribution in [0.15, 0.2) is 71.1 Å². The first-order chi connectivity index (χ1) is 9.90. The van der Waals surface area contributed by atoms with E-state index in [9.17, 15) is 0 Å². The molecular weight excluding hydrogens is 248 g/mol. The number of aromatic amines is 1. The average molecular weight is 260 g/mol. The number of nitrogens with one attached hydrogen (secondary N) is 1. The van der Waals surface area contributed by atoms with Gasteiger partial charge in [0.25, 0.3) is 0 Å². The zero-order chi connectivity index (χ0) is 13.4. The molecule has 2 heterocycles. The zero-order valence-electron chi connectivity index (χ0n) is 10.7. The molecular formula is C17H12N2O. The predicted molar refractivity (Wildman–Crippen MR) is 79.2 cm³/mol. The summed E-state index contributed by atoms with van der Waals surface area (Å²) < 4.78 is 5.83.